The highest BCUT2D eigenvalue weighted by molar-refractivity contribution is 7.81. The largest absolute Gasteiger partial charge is 0.500 e. The molecule has 0 aromatic carbocycles. The van der Waals surface area contributed by atoms with E-state index in [1.165, 1.54) is 7.11 Å². The molecule has 1 unspecified atom stereocenters. The van der Waals surface area contributed by atoms with E-state index >= 15 is 0 Å². The lowest BCUT2D eigenvalue weighted by molar-refractivity contribution is -0.128. The van der Waals surface area contributed by atoms with Crippen LogP contribution in [0.4, 0.5) is 0 Å². The lowest BCUT2D eigenvalue weighted by Crippen LogP contribution is -2.37. The first-order valence-corrected chi connectivity index (χ1v) is 5.95. The van der Waals surface area contributed by atoms with Crippen molar-refractivity contribution < 1.29 is 14.3 Å². The molecule has 16 heavy (non-hydrogen) atoms. The molecule has 0 bridgehead atoms. The fourth-order valence-corrected chi connectivity index (χ4v) is 2.45. The van der Waals surface area contributed by atoms with Gasteiger partial charge in [-0.1, -0.05) is 20.8 Å². The molecule has 0 fully saturated rings. The van der Waals surface area contributed by atoms with Crippen LogP contribution in [0.5, 0.6) is 0 Å². The van der Waals surface area contributed by atoms with Gasteiger partial charge in [-0.05, 0) is 6.42 Å². The van der Waals surface area contributed by atoms with E-state index in [-0.39, 0.29) is 28.8 Å². The number of rotatable bonds is 3. The molecule has 4 heteroatoms. The Morgan fingerprint density at radius 1 is 1.56 bits per heavy atom. The average Bonchev–Trinajstić information content (AvgIpc) is 2.21. The number of hydrogen-bond acceptors (Lipinski definition) is 4. The minimum atomic E-state index is -0.491. The van der Waals surface area contributed by atoms with E-state index in [4.69, 9.17) is 4.74 Å². The van der Waals surface area contributed by atoms with Gasteiger partial charge < -0.3 is 4.74 Å². The van der Waals surface area contributed by atoms with Crippen LogP contribution in [0.2, 0.25) is 0 Å². The Morgan fingerprint density at radius 3 is 2.56 bits per heavy atom. The summed E-state index contributed by atoms with van der Waals surface area (Å²) < 4.78 is 5.21. The number of carbonyl (C=O) groups excluding carboxylic acids is 2. The standard InChI is InChI=1S/C12H18O3S/c1-7-5-12(2,3)11(14)9(8(13)6-16)10(7)15-4/h7,16H,5-6H2,1-4H3. The summed E-state index contributed by atoms with van der Waals surface area (Å²) >= 11 is 3.94. The second-order valence-corrected chi connectivity index (χ2v) is 5.16. The van der Waals surface area contributed by atoms with Gasteiger partial charge in [-0.15, -0.1) is 0 Å². The van der Waals surface area contributed by atoms with Gasteiger partial charge in [-0.25, -0.2) is 0 Å². The highest BCUT2D eigenvalue weighted by Gasteiger charge is 2.42. The van der Waals surface area contributed by atoms with Crippen LogP contribution in [0.3, 0.4) is 0 Å². The molecule has 90 valence electrons. The third-order valence-electron chi connectivity index (χ3n) is 2.99. The van der Waals surface area contributed by atoms with Crippen LogP contribution < -0.4 is 0 Å². The molecule has 1 atom stereocenters. The molecule has 0 spiro atoms. The summed E-state index contributed by atoms with van der Waals surface area (Å²) in [6.07, 6.45) is 0.707. The van der Waals surface area contributed by atoms with Gasteiger partial charge >= 0.3 is 0 Å². The first kappa shape index (κ1) is 13.3. The van der Waals surface area contributed by atoms with Crippen molar-refractivity contribution in [3.05, 3.63) is 11.3 Å². The highest BCUT2D eigenvalue weighted by atomic mass is 32.1. The third kappa shape index (κ3) is 2.17. The first-order chi connectivity index (χ1) is 7.35. The lowest BCUT2D eigenvalue weighted by atomic mass is 9.70. The van der Waals surface area contributed by atoms with Gasteiger partial charge in [0.1, 0.15) is 5.76 Å². The summed E-state index contributed by atoms with van der Waals surface area (Å²) in [5.41, 5.74) is -0.281. The number of ketones is 2. The Kier molecular flexibility index (Phi) is 3.84. The molecule has 1 rings (SSSR count). The molecule has 0 N–H and O–H groups in total. The van der Waals surface area contributed by atoms with Crippen molar-refractivity contribution in [3.8, 4) is 0 Å². The van der Waals surface area contributed by atoms with Gasteiger partial charge in [0.15, 0.2) is 11.6 Å². The van der Waals surface area contributed by atoms with Crippen LogP contribution in [0.1, 0.15) is 27.2 Å². The third-order valence-corrected chi connectivity index (χ3v) is 3.28. The molecular weight excluding hydrogens is 224 g/mol. The number of carbonyl (C=O) groups is 2. The van der Waals surface area contributed by atoms with Gasteiger partial charge in [0.25, 0.3) is 0 Å². The first-order valence-electron chi connectivity index (χ1n) is 5.32. The van der Waals surface area contributed by atoms with Crippen molar-refractivity contribution in [1.29, 1.82) is 0 Å². The van der Waals surface area contributed by atoms with Gasteiger partial charge in [0.05, 0.1) is 18.4 Å². The Hall–Kier alpha value is -0.770. The van der Waals surface area contributed by atoms with Gasteiger partial charge in [-0.2, -0.15) is 12.6 Å². The van der Waals surface area contributed by atoms with Crippen LogP contribution in [0.25, 0.3) is 0 Å². The summed E-state index contributed by atoms with van der Waals surface area (Å²) in [6.45, 7) is 5.70. The smallest absolute Gasteiger partial charge is 0.179 e. The lowest BCUT2D eigenvalue weighted by Gasteiger charge is -2.34. The van der Waals surface area contributed by atoms with Crippen LogP contribution in [-0.2, 0) is 14.3 Å². The molecule has 3 nitrogen and oxygen atoms in total. The van der Waals surface area contributed by atoms with Crippen molar-refractivity contribution in [3.63, 3.8) is 0 Å². The quantitative estimate of drug-likeness (QED) is 0.608. The monoisotopic (exact) mass is 242 g/mol. The van der Waals surface area contributed by atoms with Crippen molar-refractivity contribution in [2.45, 2.75) is 27.2 Å². The normalized spacial score (nSPS) is 24.6. The fraction of sp³-hybridized carbons (Fsp3) is 0.667. The zero-order valence-corrected chi connectivity index (χ0v) is 11.1. The van der Waals surface area contributed by atoms with E-state index in [0.717, 1.165) is 0 Å². The van der Waals surface area contributed by atoms with Crippen molar-refractivity contribution in [1.82, 2.24) is 0 Å². The minimum Gasteiger partial charge on any atom is -0.500 e. The summed E-state index contributed by atoms with van der Waals surface area (Å²) in [7, 11) is 1.50. The summed E-state index contributed by atoms with van der Waals surface area (Å²) in [5, 5.41) is 0. The van der Waals surface area contributed by atoms with Crippen LogP contribution in [0, 0.1) is 11.3 Å². The molecule has 0 saturated heterocycles. The molecule has 0 radical (unpaired) electrons. The maximum atomic E-state index is 12.2. The molecule has 0 amide bonds. The van der Waals surface area contributed by atoms with Crippen molar-refractivity contribution in [2.24, 2.45) is 11.3 Å². The zero-order chi connectivity index (χ0) is 12.5. The maximum absolute atomic E-state index is 12.2. The Balaban J connectivity index is 3.30. The Morgan fingerprint density at radius 2 is 2.12 bits per heavy atom. The van der Waals surface area contributed by atoms with Gasteiger partial charge in [-0.3, -0.25) is 9.59 Å². The minimum absolute atomic E-state index is 0.0384. The number of ether oxygens (including phenoxy) is 1. The molecule has 0 aromatic rings. The summed E-state index contributed by atoms with van der Waals surface area (Å²) in [4.78, 5) is 23.9. The van der Waals surface area contributed by atoms with Crippen LogP contribution in [-0.4, -0.2) is 24.4 Å². The fourth-order valence-electron chi connectivity index (χ4n) is 2.29. The molecule has 0 aliphatic heterocycles. The van der Waals surface area contributed by atoms with Crippen LogP contribution in [0.15, 0.2) is 11.3 Å². The molecule has 0 aromatic heterocycles. The molecular formula is C12H18O3S. The number of thiol groups is 1. The topological polar surface area (TPSA) is 43.4 Å². The predicted octanol–water partition coefficient (Wildman–Crippen LogP) is 2.02. The molecule has 1 aliphatic carbocycles. The second-order valence-electron chi connectivity index (χ2n) is 4.84. The SMILES string of the molecule is COC1=C(C(=O)CS)C(=O)C(C)(C)CC1C. The van der Waals surface area contributed by atoms with Crippen molar-refractivity contribution >= 4 is 24.2 Å². The van der Waals surface area contributed by atoms with Crippen molar-refractivity contribution in [2.75, 3.05) is 12.9 Å². The number of methoxy groups -OCH3 is 1. The van der Waals surface area contributed by atoms with Crippen LogP contribution >= 0.6 is 12.6 Å². The number of Topliss-reactive ketones (excluding diaryl/α,β-unsaturated/α-hetero) is 2. The average molecular weight is 242 g/mol. The van der Waals surface area contributed by atoms with E-state index in [2.05, 4.69) is 12.6 Å². The second kappa shape index (κ2) is 4.62. The summed E-state index contributed by atoms with van der Waals surface area (Å²) in [6, 6.07) is 0. The Labute approximate surface area is 102 Å². The highest BCUT2D eigenvalue weighted by Crippen LogP contribution is 2.39. The Bertz CT molecular complexity index is 355. The van der Waals surface area contributed by atoms with Gasteiger partial charge in [0.2, 0.25) is 0 Å². The van der Waals surface area contributed by atoms with E-state index < -0.39 is 5.41 Å². The zero-order valence-electron chi connectivity index (χ0n) is 10.2. The predicted molar refractivity (Wildman–Crippen MR) is 65.5 cm³/mol. The van der Waals surface area contributed by atoms with E-state index in [1.54, 1.807) is 0 Å². The molecule has 1 aliphatic rings. The molecule has 0 saturated carbocycles. The van der Waals surface area contributed by atoms with E-state index in [0.29, 0.717) is 12.2 Å². The molecule has 0 heterocycles. The summed E-state index contributed by atoms with van der Waals surface area (Å²) in [5.74, 6) is 0.280. The van der Waals surface area contributed by atoms with E-state index in [1.807, 2.05) is 20.8 Å². The van der Waals surface area contributed by atoms with Gasteiger partial charge in [0, 0.05) is 11.3 Å². The number of allylic oxidation sites excluding steroid dienone is 2. The van der Waals surface area contributed by atoms with E-state index in [9.17, 15) is 9.59 Å². The number of hydrogen-bond donors (Lipinski definition) is 1. The maximum Gasteiger partial charge on any atom is 0.179 e.